The molecule has 0 aromatic carbocycles. The van der Waals surface area contributed by atoms with E-state index >= 15 is 0 Å². The van der Waals surface area contributed by atoms with Crippen molar-refractivity contribution >= 4 is 34.0 Å². The minimum atomic E-state index is -1.19. The van der Waals surface area contributed by atoms with E-state index in [2.05, 4.69) is 11.5 Å². The van der Waals surface area contributed by atoms with Gasteiger partial charge >= 0.3 is 38.3 Å². The molecule has 0 spiro atoms. The van der Waals surface area contributed by atoms with Crippen molar-refractivity contribution in [2.45, 2.75) is 0 Å². The van der Waals surface area contributed by atoms with Crippen molar-refractivity contribution < 1.29 is 4.32 Å². The van der Waals surface area contributed by atoms with Gasteiger partial charge in [0.15, 0.2) is 0 Å². The summed E-state index contributed by atoms with van der Waals surface area (Å²) in [5, 5.41) is 0. The van der Waals surface area contributed by atoms with E-state index < -0.39 is 4.98 Å². The summed E-state index contributed by atoms with van der Waals surface area (Å²) in [6.45, 7) is 0. The third-order valence-electron chi connectivity index (χ3n) is 0. The van der Waals surface area contributed by atoms with Gasteiger partial charge < -0.3 is 0 Å². The van der Waals surface area contributed by atoms with Crippen LogP contribution in [0.1, 0.15) is 0 Å². The molecule has 0 unspecified atom stereocenters. The number of halogens is 2. The van der Waals surface area contributed by atoms with Gasteiger partial charge in [-0.05, 0) is 0 Å². The molecule has 0 amide bonds. The zero-order valence-corrected chi connectivity index (χ0v) is 3.09. The zero-order valence-electron chi connectivity index (χ0n) is 2.33. The predicted octanol–water partition coefficient (Wildman–Crippen LogP) is 0.348. The third-order valence-corrected chi connectivity index (χ3v) is 0. The summed E-state index contributed by atoms with van der Waals surface area (Å²) in [4.78, 5) is -1.19. The molecule has 0 atom stereocenters. The van der Waals surface area contributed by atoms with E-state index in [4.69, 9.17) is 0 Å². The third kappa shape index (κ3) is 13.1. The summed E-state index contributed by atoms with van der Waals surface area (Å²) < 4.78 is 10.8. The average Bonchev–Trinajstić information content (AvgIpc) is 0.811. The molecule has 0 saturated heterocycles. The van der Waals surface area contributed by atoms with Crippen LogP contribution >= 0.6 is 11.5 Å². The van der Waals surface area contributed by atoms with E-state index in [0.29, 0.717) is 0 Å². The van der Waals surface area contributed by atoms with Gasteiger partial charge in [-0.3, -0.25) is 0 Å². The first-order valence-electron chi connectivity index (χ1n) is 1.01. The molecule has 0 aromatic rings. The molecule has 0 bridgehead atoms. The summed E-state index contributed by atoms with van der Waals surface area (Å²) >= 11 is 5.87. The minimum absolute atomic E-state index is 1.19. The van der Waals surface area contributed by atoms with Gasteiger partial charge in [0.1, 0.15) is 0 Å². The van der Waals surface area contributed by atoms with E-state index in [-0.39, 0.29) is 0 Å². The molecule has 0 rings (SSSR count). The molecule has 4 heteroatoms. The summed E-state index contributed by atoms with van der Waals surface area (Å²) in [5.74, 6) is 0. The van der Waals surface area contributed by atoms with Crippen LogP contribution in [0.15, 0.2) is 0 Å². The first kappa shape index (κ1) is 4.88. The zero-order chi connectivity index (χ0) is 3.58. The van der Waals surface area contributed by atoms with E-state index in [1.807, 2.05) is 0 Å². The Labute approximate surface area is 38.8 Å². The first-order chi connectivity index (χ1) is 1.73. The van der Waals surface area contributed by atoms with E-state index in [1.165, 1.54) is 17.5 Å². The predicted molar refractivity (Wildman–Crippen MR) is 18.5 cm³/mol. The van der Waals surface area contributed by atoms with Crippen LogP contribution in [-0.4, -0.2) is 22.5 Å². The van der Waals surface area contributed by atoms with E-state index in [9.17, 15) is 4.32 Å². The number of hydrogen-bond acceptors (Lipinski definition) is 0. The second kappa shape index (κ2) is 2.14. The number of hydrogen-bond donors (Lipinski definition) is 0. The Bertz CT molecular complexity index is 12.8. The molecule has 0 fully saturated rings. The Kier molecular flexibility index (Phi) is 2.61. The van der Waals surface area contributed by atoms with Gasteiger partial charge in [0.2, 0.25) is 0 Å². The summed E-state index contributed by atoms with van der Waals surface area (Å²) in [6.07, 6.45) is 0. The fourth-order valence-corrected chi connectivity index (χ4v) is 0. The summed E-state index contributed by atoms with van der Waals surface area (Å²) in [6, 6.07) is 0. The fourth-order valence-electron chi connectivity index (χ4n) is 0. The second-order valence-electron chi connectivity index (χ2n) is 0.519. The Balaban J connectivity index is 2.32. The van der Waals surface area contributed by atoms with Crippen LogP contribution in [0.5, 0.6) is 0 Å². The van der Waals surface area contributed by atoms with Crippen molar-refractivity contribution in [2.75, 3.05) is 0 Å². The van der Waals surface area contributed by atoms with Crippen LogP contribution < -0.4 is 0 Å². The van der Waals surface area contributed by atoms with Gasteiger partial charge in [0.05, 0.1) is 0 Å². The molecule has 0 aliphatic rings. The van der Waals surface area contributed by atoms with Crippen molar-refractivity contribution in [3.05, 3.63) is 0 Å². The van der Waals surface area contributed by atoms with Crippen LogP contribution in [0.4, 0.5) is 4.32 Å². The first-order valence-corrected chi connectivity index (χ1v) is 1.45. The van der Waals surface area contributed by atoms with Gasteiger partial charge in [0, 0.05) is 0 Å². The Hall–Kier alpha value is 0.882. The van der Waals surface area contributed by atoms with Crippen molar-refractivity contribution in [1.29, 1.82) is 0 Å². The maximum atomic E-state index is 10.8. The topological polar surface area (TPSA) is 0 Å². The molecular weight excluding hydrogens is 72.2 g/mol. The normalized spacial score (nSPS) is 7.00. The monoisotopic (exact) mass is 72.0 g/mol. The molecule has 0 aromatic heterocycles. The molecular formula is BClFLi. The van der Waals surface area contributed by atoms with Gasteiger partial charge in [-0.25, -0.2) is 0 Å². The molecule has 0 heterocycles. The Morgan fingerprint density at radius 1 is 2.00 bits per heavy atom. The van der Waals surface area contributed by atoms with Crippen LogP contribution in [0.25, 0.3) is 0 Å². The van der Waals surface area contributed by atoms with E-state index in [1.54, 1.807) is 0 Å². The number of rotatable bonds is 0. The maximum absolute atomic E-state index is 10.8. The summed E-state index contributed by atoms with van der Waals surface area (Å²) in [5.41, 5.74) is 0. The summed E-state index contributed by atoms with van der Waals surface area (Å²) in [7, 11) is 0. The quantitative estimate of drug-likeness (QED) is 0.362. The van der Waals surface area contributed by atoms with Crippen molar-refractivity contribution in [2.24, 2.45) is 0 Å². The van der Waals surface area contributed by atoms with Crippen molar-refractivity contribution in [3.63, 3.8) is 0 Å². The van der Waals surface area contributed by atoms with Crippen LogP contribution in [0, 0.1) is 0 Å². The van der Waals surface area contributed by atoms with Gasteiger partial charge in [-0.2, -0.15) is 0 Å². The molecule has 4 heavy (non-hydrogen) atoms. The van der Waals surface area contributed by atoms with Crippen molar-refractivity contribution in [3.8, 4) is 0 Å². The standard InChI is InChI=1S/BClF.Li/c2-1-3;/q+1;-1. The van der Waals surface area contributed by atoms with Crippen molar-refractivity contribution in [1.82, 2.24) is 0 Å². The van der Waals surface area contributed by atoms with Gasteiger partial charge in [-0.1, -0.05) is 0 Å². The Morgan fingerprint density at radius 2 is 2.00 bits per heavy atom. The average molecular weight is 72.2 g/mol. The molecule has 0 aliphatic heterocycles. The SMILES string of the molecule is [Li][B](F)Cl. The van der Waals surface area contributed by atoms with Crippen LogP contribution in [-0.2, 0) is 0 Å². The van der Waals surface area contributed by atoms with Gasteiger partial charge in [0.25, 0.3) is 0 Å². The van der Waals surface area contributed by atoms with Crippen LogP contribution in [0.3, 0.4) is 0 Å². The Morgan fingerprint density at radius 3 is 2.00 bits per heavy atom. The fraction of sp³-hybridized carbons (Fsp3) is 0. The van der Waals surface area contributed by atoms with Gasteiger partial charge in [-0.15, -0.1) is 0 Å². The molecule has 0 N–H and O–H groups in total. The molecule has 18 valence electrons. The second-order valence-corrected chi connectivity index (χ2v) is 1.12. The molecule has 0 radical (unpaired) electrons. The molecule has 0 aliphatic carbocycles. The van der Waals surface area contributed by atoms with Crippen LogP contribution in [0.2, 0.25) is 0 Å². The molecule has 0 nitrogen and oxygen atoms in total. The van der Waals surface area contributed by atoms with E-state index in [0.717, 1.165) is 0 Å². The molecule has 0 saturated carbocycles.